The van der Waals surface area contributed by atoms with Gasteiger partial charge < -0.3 is 4.42 Å². The first kappa shape index (κ1) is 8.17. The molecule has 0 saturated carbocycles. The summed E-state index contributed by atoms with van der Waals surface area (Å²) in [5, 5.41) is 0. The molecular weight excluding hydrogens is 188 g/mol. The summed E-state index contributed by atoms with van der Waals surface area (Å²) in [6, 6.07) is 9.86. The largest absolute Gasteiger partial charge is 0.443 e. The number of aromatic nitrogens is 2. The number of benzene rings is 1. The molecule has 0 bridgehead atoms. The van der Waals surface area contributed by atoms with E-state index in [4.69, 9.17) is 4.42 Å². The quantitative estimate of drug-likeness (QED) is 0.600. The summed E-state index contributed by atoms with van der Waals surface area (Å²) in [6.45, 7) is 0. The van der Waals surface area contributed by atoms with E-state index in [1.54, 1.807) is 6.20 Å². The van der Waals surface area contributed by atoms with Gasteiger partial charge in [0.25, 0.3) is 0 Å². The van der Waals surface area contributed by atoms with Gasteiger partial charge in [0.15, 0.2) is 12.0 Å². The lowest BCUT2D eigenvalue weighted by molar-refractivity contribution is 0.602. The van der Waals surface area contributed by atoms with Crippen LogP contribution in [-0.4, -0.2) is 9.97 Å². The smallest absolute Gasteiger partial charge is 0.181 e. The van der Waals surface area contributed by atoms with Gasteiger partial charge in [-0.1, -0.05) is 12.1 Å². The van der Waals surface area contributed by atoms with Crippen molar-refractivity contribution in [2.45, 2.75) is 0 Å². The van der Waals surface area contributed by atoms with E-state index in [9.17, 15) is 0 Å². The molecule has 72 valence electrons. The predicted octanol–water partition coefficient (Wildman–Crippen LogP) is 2.89. The average molecular weight is 196 g/mol. The Morgan fingerprint density at radius 2 is 2.07 bits per heavy atom. The summed E-state index contributed by atoms with van der Waals surface area (Å²) < 4.78 is 5.18. The normalized spacial score (nSPS) is 10.7. The first-order valence-corrected chi connectivity index (χ1v) is 4.67. The Kier molecular flexibility index (Phi) is 1.75. The highest BCUT2D eigenvalue weighted by molar-refractivity contribution is 5.79. The maximum Gasteiger partial charge on any atom is 0.181 e. The Labute approximate surface area is 86.4 Å². The van der Waals surface area contributed by atoms with Crippen molar-refractivity contribution >= 4 is 11.1 Å². The van der Waals surface area contributed by atoms with E-state index in [1.165, 1.54) is 6.39 Å². The highest BCUT2D eigenvalue weighted by Gasteiger charge is 2.01. The standard InChI is InChI=1S/C12H8N2O/c1-2-10(7-13-5-1)9-3-4-12-11(6-9)14-8-15-12/h1-8H. The number of pyridine rings is 1. The molecule has 3 heteroatoms. The van der Waals surface area contributed by atoms with Crippen molar-refractivity contribution in [1.82, 2.24) is 9.97 Å². The number of oxazole rings is 1. The number of rotatable bonds is 1. The molecule has 0 aliphatic carbocycles. The number of hydrogen-bond donors (Lipinski definition) is 0. The number of fused-ring (bicyclic) bond motifs is 1. The summed E-state index contributed by atoms with van der Waals surface area (Å²) in [5.41, 5.74) is 3.87. The van der Waals surface area contributed by atoms with Gasteiger partial charge in [-0.15, -0.1) is 0 Å². The second-order valence-electron chi connectivity index (χ2n) is 3.28. The minimum atomic E-state index is 0.808. The van der Waals surface area contributed by atoms with Crippen LogP contribution in [0.5, 0.6) is 0 Å². The molecule has 0 atom stereocenters. The first-order chi connectivity index (χ1) is 7.43. The molecule has 0 amide bonds. The molecule has 3 rings (SSSR count). The third kappa shape index (κ3) is 1.38. The van der Waals surface area contributed by atoms with Gasteiger partial charge in [-0.25, -0.2) is 4.98 Å². The average Bonchev–Trinajstić information content (AvgIpc) is 2.77. The maximum atomic E-state index is 5.18. The molecule has 2 aromatic heterocycles. The zero-order valence-corrected chi connectivity index (χ0v) is 7.92. The summed E-state index contributed by atoms with van der Waals surface area (Å²) in [6.07, 6.45) is 5.05. The molecule has 15 heavy (non-hydrogen) atoms. The summed E-state index contributed by atoms with van der Waals surface area (Å²) >= 11 is 0. The summed E-state index contributed by atoms with van der Waals surface area (Å²) in [7, 11) is 0. The minimum absolute atomic E-state index is 0.808. The van der Waals surface area contributed by atoms with Crippen molar-refractivity contribution in [1.29, 1.82) is 0 Å². The molecule has 0 spiro atoms. The SMILES string of the molecule is c1cncc(-c2ccc3ocnc3c2)c1. The Morgan fingerprint density at radius 3 is 2.93 bits per heavy atom. The summed E-state index contributed by atoms with van der Waals surface area (Å²) in [4.78, 5) is 8.20. The van der Waals surface area contributed by atoms with Crippen LogP contribution in [0.3, 0.4) is 0 Å². The van der Waals surface area contributed by atoms with E-state index in [-0.39, 0.29) is 0 Å². The van der Waals surface area contributed by atoms with Crippen molar-refractivity contribution in [3.05, 3.63) is 49.1 Å². The molecule has 2 heterocycles. The van der Waals surface area contributed by atoms with Crippen molar-refractivity contribution in [3.63, 3.8) is 0 Å². The molecule has 0 unspecified atom stereocenters. The van der Waals surface area contributed by atoms with Crippen molar-refractivity contribution in [2.24, 2.45) is 0 Å². The van der Waals surface area contributed by atoms with Gasteiger partial charge in [-0.2, -0.15) is 0 Å². The zero-order valence-electron chi connectivity index (χ0n) is 7.92. The third-order valence-electron chi connectivity index (χ3n) is 2.33. The lowest BCUT2D eigenvalue weighted by atomic mass is 10.1. The van der Waals surface area contributed by atoms with Crippen LogP contribution in [0.15, 0.2) is 53.5 Å². The van der Waals surface area contributed by atoms with E-state index in [0.717, 1.165) is 22.2 Å². The predicted molar refractivity (Wildman–Crippen MR) is 57.2 cm³/mol. The Morgan fingerprint density at radius 1 is 1.07 bits per heavy atom. The maximum absolute atomic E-state index is 5.18. The molecular formula is C12H8N2O. The van der Waals surface area contributed by atoms with Crippen LogP contribution in [0.25, 0.3) is 22.2 Å². The first-order valence-electron chi connectivity index (χ1n) is 4.67. The van der Waals surface area contributed by atoms with E-state index in [1.807, 2.05) is 36.5 Å². The fourth-order valence-corrected chi connectivity index (χ4v) is 1.57. The molecule has 0 fully saturated rings. The van der Waals surface area contributed by atoms with Crippen LogP contribution in [0, 0.1) is 0 Å². The Bertz CT molecular complexity index is 587. The van der Waals surface area contributed by atoms with E-state index < -0.39 is 0 Å². The minimum Gasteiger partial charge on any atom is -0.443 e. The highest BCUT2D eigenvalue weighted by Crippen LogP contribution is 2.22. The van der Waals surface area contributed by atoms with Gasteiger partial charge in [-0.3, -0.25) is 4.98 Å². The molecule has 3 aromatic rings. The van der Waals surface area contributed by atoms with Crippen molar-refractivity contribution < 1.29 is 4.42 Å². The number of nitrogens with zero attached hydrogens (tertiary/aromatic N) is 2. The fraction of sp³-hybridized carbons (Fsp3) is 0. The van der Waals surface area contributed by atoms with Crippen molar-refractivity contribution in [2.75, 3.05) is 0 Å². The molecule has 0 N–H and O–H groups in total. The molecule has 0 saturated heterocycles. The van der Waals surface area contributed by atoms with Crippen LogP contribution in [-0.2, 0) is 0 Å². The number of hydrogen-bond acceptors (Lipinski definition) is 3. The van der Waals surface area contributed by atoms with Crippen LogP contribution >= 0.6 is 0 Å². The molecule has 0 aliphatic rings. The molecule has 0 aliphatic heterocycles. The van der Waals surface area contributed by atoms with Gasteiger partial charge >= 0.3 is 0 Å². The molecule has 0 radical (unpaired) electrons. The Hall–Kier alpha value is -2.16. The molecule has 1 aromatic carbocycles. The fourth-order valence-electron chi connectivity index (χ4n) is 1.57. The Balaban J connectivity index is 2.19. The van der Waals surface area contributed by atoms with Gasteiger partial charge in [0.05, 0.1) is 0 Å². The van der Waals surface area contributed by atoms with Crippen LogP contribution < -0.4 is 0 Å². The van der Waals surface area contributed by atoms with Gasteiger partial charge in [0.2, 0.25) is 0 Å². The second kappa shape index (κ2) is 3.20. The third-order valence-corrected chi connectivity index (χ3v) is 2.33. The van der Waals surface area contributed by atoms with Gasteiger partial charge in [0, 0.05) is 18.0 Å². The van der Waals surface area contributed by atoms with Crippen LogP contribution in [0.4, 0.5) is 0 Å². The monoisotopic (exact) mass is 196 g/mol. The zero-order chi connectivity index (χ0) is 10.1. The molecule has 3 nitrogen and oxygen atoms in total. The van der Waals surface area contributed by atoms with E-state index in [2.05, 4.69) is 9.97 Å². The lowest BCUT2D eigenvalue weighted by Crippen LogP contribution is -1.78. The highest BCUT2D eigenvalue weighted by atomic mass is 16.3. The van der Waals surface area contributed by atoms with Gasteiger partial charge in [-0.05, 0) is 23.8 Å². The van der Waals surface area contributed by atoms with Crippen LogP contribution in [0.2, 0.25) is 0 Å². The van der Waals surface area contributed by atoms with Crippen molar-refractivity contribution in [3.8, 4) is 11.1 Å². The topological polar surface area (TPSA) is 38.9 Å². The van der Waals surface area contributed by atoms with E-state index in [0.29, 0.717) is 0 Å². The summed E-state index contributed by atoms with van der Waals surface area (Å²) in [5.74, 6) is 0. The second-order valence-corrected chi connectivity index (χ2v) is 3.28. The lowest BCUT2D eigenvalue weighted by Gasteiger charge is -1.99. The van der Waals surface area contributed by atoms with Crippen LogP contribution in [0.1, 0.15) is 0 Å². The van der Waals surface area contributed by atoms with Gasteiger partial charge in [0.1, 0.15) is 5.52 Å². The van der Waals surface area contributed by atoms with E-state index >= 15 is 0 Å².